The van der Waals surface area contributed by atoms with Crippen molar-refractivity contribution in [2.75, 3.05) is 18.9 Å². The quantitative estimate of drug-likeness (QED) is 0.716. The molecule has 1 amide bonds. The summed E-state index contributed by atoms with van der Waals surface area (Å²) in [5.41, 5.74) is 0.413. The number of amides is 1. The normalized spacial score (nSPS) is 22.2. The summed E-state index contributed by atoms with van der Waals surface area (Å²) >= 11 is 0. The molecule has 1 saturated carbocycles. The molecule has 0 aromatic heterocycles. The van der Waals surface area contributed by atoms with E-state index < -0.39 is 21.8 Å². The average molecular weight is 465 g/mol. The van der Waals surface area contributed by atoms with Crippen LogP contribution >= 0.6 is 0 Å². The van der Waals surface area contributed by atoms with Crippen LogP contribution < -0.4 is 5.32 Å². The van der Waals surface area contributed by atoms with Crippen molar-refractivity contribution in [3.05, 3.63) is 59.7 Å². The van der Waals surface area contributed by atoms with Crippen LogP contribution in [0.5, 0.6) is 0 Å². The van der Waals surface area contributed by atoms with Gasteiger partial charge in [-0.25, -0.2) is 0 Å². The number of carbonyl (C=O) groups excluding carboxylic acids is 1. The Hall–Kier alpha value is -2.88. The van der Waals surface area contributed by atoms with Crippen molar-refractivity contribution < 1.29 is 26.4 Å². The second-order valence-corrected chi connectivity index (χ2v) is 9.69. The Morgan fingerprint density at radius 1 is 1.09 bits per heavy atom. The Kier molecular flexibility index (Phi) is 5.74. The van der Waals surface area contributed by atoms with Crippen LogP contribution in [0.15, 0.2) is 57.8 Å². The second kappa shape index (κ2) is 8.23. The maximum atomic E-state index is 12.7. The number of hydrogen-bond acceptors (Lipinski definition) is 3. The highest BCUT2D eigenvalue weighted by atomic mass is 32.2. The molecule has 6 nitrogen and oxygen atoms in total. The molecule has 0 spiro atoms. The first kappa shape index (κ1) is 22.3. The fraction of sp³-hybridized carbons (Fsp3) is 0.364. The minimum atomic E-state index is -4.39. The van der Waals surface area contributed by atoms with Crippen LogP contribution in [-0.4, -0.2) is 38.7 Å². The second-order valence-electron chi connectivity index (χ2n) is 8.09. The highest BCUT2D eigenvalue weighted by molar-refractivity contribution is 7.90. The van der Waals surface area contributed by atoms with E-state index in [0.29, 0.717) is 29.9 Å². The molecule has 10 heteroatoms. The Balaban J connectivity index is 1.37. The molecule has 2 aromatic rings. The van der Waals surface area contributed by atoms with Crippen molar-refractivity contribution in [3.8, 4) is 0 Å². The van der Waals surface area contributed by atoms with Gasteiger partial charge in [0.05, 0.1) is 10.5 Å². The maximum absolute atomic E-state index is 12.7. The van der Waals surface area contributed by atoms with E-state index in [1.807, 2.05) is 4.90 Å². The van der Waals surface area contributed by atoms with Gasteiger partial charge in [0.15, 0.2) is 0 Å². The van der Waals surface area contributed by atoms with Crippen LogP contribution in [0, 0.1) is 5.92 Å². The molecule has 2 fully saturated rings. The lowest BCUT2D eigenvalue weighted by molar-refractivity contribution is -0.137. The van der Waals surface area contributed by atoms with Gasteiger partial charge in [0.2, 0.25) is 5.91 Å². The molecule has 32 heavy (non-hydrogen) atoms. The highest BCUT2D eigenvalue weighted by Gasteiger charge is 2.44. The summed E-state index contributed by atoms with van der Waals surface area (Å²) in [4.78, 5) is 14.3. The van der Waals surface area contributed by atoms with Crippen LogP contribution in [0.1, 0.15) is 36.3 Å². The van der Waals surface area contributed by atoms with E-state index in [1.165, 1.54) is 36.4 Å². The third kappa shape index (κ3) is 4.79. The van der Waals surface area contributed by atoms with Crippen molar-refractivity contribution in [3.63, 3.8) is 0 Å². The lowest BCUT2D eigenvalue weighted by atomic mass is 10.1. The number of alkyl halides is 3. The van der Waals surface area contributed by atoms with E-state index in [4.69, 9.17) is 0 Å². The van der Waals surface area contributed by atoms with Gasteiger partial charge in [-0.3, -0.25) is 4.79 Å². The zero-order chi connectivity index (χ0) is 23.1. The summed E-state index contributed by atoms with van der Waals surface area (Å²) < 4.78 is 67.0. The van der Waals surface area contributed by atoms with Crippen LogP contribution in [0.3, 0.4) is 0 Å². The highest BCUT2D eigenvalue weighted by Crippen LogP contribution is 2.48. The Labute approximate surface area is 184 Å². The number of nitrogens with zero attached hydrogens (tertiary/aromatic N) is 2. The van der Waals surface area contributed by atoms with Gasteiger partial charge < -0.3 is 10.2 Å². The Morgan fingerprint density at radius 3 is 2.31 bits per heavy atom. The lowest BCUT2D eigenvalue weighted by Gasteiger charge is -2.11. The van der Waals surface area contributed by atoms with Gasteiger partial charge in [0, 0.05) is 31.6 Å². The van der Waals surface area contributed by atoms with E-state index in [0.717, 1.165) is 25.1 Å². The molecule has 4 rings (SSSR count). The SMILES string of the molecule is CN1CCC/C1=N\S(=O)(=O)c1ccc(NC(=O)C2CC2c2ccc(C(F)(F)F)cc2)cc1. The fourth-order valence-corrected chi connectivity index (χ4v) is 4.91. The number of likely N-dealkylation sites (tertiary alicyclic amines) is 1. The number of anilines is 1. The monoisotopic (exact) mass is 465 g/mol. The van der Waals surface area contributed by atoms with Crippen molar-refractivity contribution in [2.45, 2.75) is 36.3 Å². The molecule has 1 heterocycles. The fourth-order valence-electron chi connectivity index (χ4n) is 3.82. The number of benzene rings is 2. The molecule has 0 radical (unpaired) electrons. The number of halogens is 3. The van der Waals surface area contributed by atoms with E-state index in [2.05, 4.69) is 9.71 Å². The molecule has 1 aliphatic heterocycles. The molecule has 2 unspecified atom stereocenters. The minimum Gasteiger partial charge on any atom is -0.362 e. The van der Waals surface area contributed by atoms with Gasteiger partial charge in [-0.2, -0.15) is 21.6 Å². The van der Waals surface area contributed by atoms with Crippen molar-refractivity contribution >= 4 is 27.5 Å². The van der Waals surface area contributed by atoms with Crippen LogP contribution in [0.4, 0.5) is 18.9 Å². The molecule has 2 aromatic carbocycles. The number of sulfonamides is 1. The first-order valence-corrected chi connectivity index (χ1v) is 11.6. The van der Waals surface area contributed by atoms with Gasteiger partial charge in [0.25, 0.3) is 10.0 Å². The zero-order valence-corrected chi connectivity index (χ0v) is 18.1. The predicted octanol–water partition coefficient (Wildman–Crippen LogP) is 4.26. The van der Waals surface area contributed by atoms with Crippen molar-refractivity contribution in [1.29, 1.82) is 0 Å². The van der Waals surface area contributed by atoms with E-state index in [9.17, 15) is 26.4 Å². The van der Waals surface area contributed by atoms with Gasteiger partial charge in [-0.1, -0.05) is 12.1 Å². The molecular weight excluding hydrogens is 443 g/mol. The molecule has 2 aliphatic rings. The summed E-state index contributed by atoms with van der Waals surface area (Å²) in [6, 6.07) is 10.6. The van der Waals surface area contributed by atoms with E-state index >= 15 is 0 Å². The van der Waals surface area contributed by atoms with Gasteiger partial charge in [-0.05, 0) is 60.7 Å². The molecule has 1 saturated heterocycles. The van der Waals surface area contributed by atoms with E-state index in [1.54, 1.807) is 7.05 Å². The van der Waals surface area contributed by atoms with Crippen LogP contribution in [-0.2, 0) is 21.0 Å². The summed E-state index contributed by atoms with van der Waals surface area (Å²) in [6.45, 7) is 0.772. The van der Waals surface area contributed by atoms with Crippen LogP contribution in [0.2, 0.25) is 0 Å². The minimum absolute atomic E-state index is 0.0392. The maximum Gasteiger partial charge on any atom is 0.416 e. The third-order valence-corrected chi connectivity index (χ3v) is 7.09. The Morgan fingerprint density at radius 2 is 1.75 bits per heavy atom. The first-order chi connectivity index (χ1) is 15.0. The third-order valence-electron chi connectivity index (χ3n) is 5.77. The van der Waals surface area contributed by atoms with Crippen molar-refractivity contribution in [1.82, 2.24) is 4.90 Å². The molecular formula is C22H22F3N3O3S. The van der Waals surface area contributed by atoms with Gasteiger partial charge >= 0.3 is 6.18 Å². The number of hydrogen-bond donors (Lipinski definition) is 1. The van der Waals surface area contributed by atoms with Gasteiger partial charge in [0.1, 0.15) is 5.84 Å². The van der Waals surface area contributed by atoms with Crippen LogP contribution in [0.25, 0.3) is 0 Å². The number of carbonyl (C=O) groups is 1. The number of amidine groups is 1. The molecule has 2 atom stereocenters. The van der Waals surface area contributed by atoms with E-state index in [-0.39, 0.29) is 22.6 Å². The molecule has 0 bridgehead atoms. The summed E-state index contributed by atoms with van der Waals surface area (Å²) in [5, 5.41) is 2.74. The standard InChI is InChI=1S/C22H22F3N3O3S/c1-28-12-2-3-20(28)27-32(30,31)17-10-8-16(9-11-17)26-21(29)19-13-18(19)14-4-6-15(7-5-14)22(23,24)25/h4-11,18-19H,2-3,12-13H2,1H3,(H,26,29)/b27-20+. The number of nitrogens with one attached hydrogen (secondary N) is 1. The van der Waals surface area contributed by atoms with Crippen molar-refractivity contribution in [2.24, 2.45) is 10.3 Å². The molecule has 170 valence electrons. The largest absolute Gasteiger partial charge is 0.416 e. The first-order valence-electron chi connectivity index (χ1n) is 10.2. The number of rotatable bonds is 5. The molecule has 1 aliphatic carbocycles. The zero-order valence-electron chi connectivity index (χ0n) is 17.3. The topological polar surface area (TPSA) is 78.8 Å². The molecule has 1 N–H and O–H groups in total. The summed E-state index contributed by atoms with van der Waals surface area (Å²) in [7, 11) is -2.03. The predicted molar refractivity (Wildman–Crippen MR) is 114 cm³/mol. The average Bonchev–Trinajstić information content (AvgIpc) is 3.45. The Bertz CT molecular complexity index is 1140. The van der Waals surface area contributed by atoms with Gasteiger partial charge in [-0.15, -0.1) is 4.40 Å². The smallest absolute Gasteiger partial charge is 0.362 e. The lowest BCUT2D eigenvalue weighted by Crippen LogP contribution is -2.20. The summed E-state index contributed by atoms with van der Waals surface area (Å²) in [5.74, 6) is -0.181. The summed E-state index contributed by atoms with van der Waals surface area (Å²) in [6.07, 6.45) is -2.36.